The summed E-state index contributed by atoms with van der Waals surface area (Å²) in [5, 5.41) is 3.07. The molecule has 1 amide bonds. The number of carbonyl (C=O) groups is 1. The fraction of sp³-hybridized carbons (Fsp3) is 0.533. The zero-order chi connectivity index (χ0) is 13.4. The monoisotopic (exact) mass is 281 g/mol. The number of fused-ring (bicyclic) bond motifs is 2. The number of hydrogen-bond donors (Lipinski definition) is 1. The van der Waals surface area contributed by atoms with Gasteiger partial charge in [-0.3, -0.25) is 4.79 Å². The second-order valence-electron chi connectivity index (χ2n) is 5.81. The van der Waals surface area contributed by atoms with E-state index in [1.165, 1.54) is 37.5 Å². The minimum absolute atomic E-state index is 0.0984. The van der Waals surface area contributed by atoms with Gasteiger partial charge in [-0.15, -0.1) is 0 Å². The van der Waals surface area contributed by atoms with Gasteiger partial charge in [0, 0.05) is 11.4 Å². The second kappa shape index (κ2) is 5.12. The Labute approximate surface area is 117 Å². The molecule has 2 bridgehead atoms. The van der Waals surface area contributed by atoms with Crippen LogP contribution in [0, 0.1) is 23.6 Å². The minimum Gasteiger partial charge on any atom is -0.324 e. The van der Waals surface area contributed by atoms with Crippen LogP contribution in [-0.4, -0.2) is 5.91 Å². The zero-order valence-corrected chi connectivity index (χ0v) is 11.4. The van der Waals surface area contributed by atoms with Crippen molar-refractivity contribution in [1.29, 1.82) is 0 Å². The predicted molar refractivity (Wildman–Crippen MR) is 73.6 cm³/mol. The van der Waals surface area contributed by atoms with E-state index < -0.39 is 5.82 Å². The maximum absolute atomic E-state index is 13.5. The Hall–Kier alpha value is -1.09. The van der Waals surface area contributed by atoms with Crippen molar-refractivity contribution in [3.8, 4) is 0 Å². The molecule has 1 aromatic rings. The van der Waals surface area contributed by atoms with Gasteiger partial charge in [0.1, 0.15) is 5.82 Å². The molecule has 0 saturated heterocycles. The van der Waals surface area contributed by atoms with Gasteiger partial charge in [0.15, 0.2) is 0 Å². The van der Waals surface area contributed by atoms with Crippen LogP contribution in [0.5, 0.6) is 0 Å². The number of rotatable bonds is 3. The van der Waals surface area contributed by atoms with Crippen LogP contribution in [0.25, 0.3) is 0 Å². The Morgan fingerprint density at radius 3 is 2.89 bits per heavy atom. The summed E-state index contributed by atoms with van der Waals surface area (Å²) < 4.78 is 13.5. The van der Waals surface area contributed by atoms with Crippen molar-refractivity contribution in [1.82, 2.24) is 0 Å². The molecule has 0 heterocycles. The van der Waals surface area contributed by atoms with Gasteiger partial charge >= 0.3 is 0 Å². The molecular weight excluding hydrogens is 265 g/mol. The molecule has 0 aliphatic heterocycles. The van der Waals surface area contributed by atoms with Crippen molar-refractivity contribution in [3.05, 3.63) is 29.0 Å². The fourth-order valence-electron chi connectivity index (χ4n) is 3.66. The normalized spacial score (nSPS) is 28.6. The number of nitrogens with one attached hydrogen (secondary N) is 1. The average molecular weight is 282 g/mol. The topological polar surface area (TPSA) is 29.1 Å². The molecule has 0 unspecified atom stereocenters. The van der Waals surface area contributed by atoms with Crippen LogP contribution in [-0.2, 0) is 4.79 Å². The number of anilines is 1. The van der Waals surface area contributed by atoms with Crippen LogP contribution in [0.15, 0.2) is 18.2 Å². The Morgan fingerprint density at radius 1 is 1.37 bits per heavy atom. The lowest BCUT2D eigenvalue weighted by molar-refractivity contribution is -0.117. The van der Waals surface area contributed by atoms with Crippen molar-refractivity contribution in [2.45, 2.75) is 32.1 Å². The Kier molecular flexibility index (Phi) is 3.48. The molecule has 2 saturated carbocycles. The molecule has 2 fully saturated rings. The summed E-state index contributed by atoms with van der Waals surface area (Å²) in [6.45, 7) is 0. The first-order valence-corrected chi connectivity index (χ1v) is 7.24. The van der Waals surface area contributed by atoms with Gasteiger partial charge in [-0.2, -0.15) is 0 Å². The first-order valence-electron chi connectivity index (χ1n) is 6.86. The van der Waals surface area contributed by atoms with Crippen molar-refractivity contribution >= 4 is 23.2 Å². The van der Waals surface area contributed by atoms with Crippen LogP contribution < -0.4 is 5.32 Å². The van der Waals surface area contributed by atoms with E-state index in [1.54, 1.807) is 0 Å². The number of hydrogen-bond acceptors (Lipinski definition) is 1. The molecule has 2 aliphatic carbocycles. The summed E-state index contributed by atoms with van der Waals surface area (Å²) in [5.74, 6) is 1.48. The lowest BCUT2D eigenvalue weighted by Gasteiger charge is -2.21. The quantitative estimate of drug-likeness (QED) is 0.882. The highest BCUT2D eigenvalue weighted by Crippen LogP contribution is 2.49. The highest BCUT2D eigenvalue weighted by molar-refractivity contribution is 6.30. The SMILES string of the molecule is O=C(C[C@@H]1C[C@H]2CC[C@@H]1C2)Nc1cc(Cl)ccc1F. The third kappa shape index (κ3) is 2.76. The van der Waals surface area contributed by atoms with Gasteiger partial charge in [0.2, 0.25) is 5.91 Å². The Morgan fingerprint density at radius 2 is 2.21 bits per heavy atom. The molecule has 4 heteroatoms. The summed E-state index contributed by atoms with van der Waals surface area (Å²) in [7, 11) is 0. The second-order valence-corrected chi connectivity index (χ2v) is 6.25. The van der Waals surface area contributed by atoms with Crippen molar-refractivity contribution < 1.29 is 9.18 Å². The summed E-state index contributed by atoms with van der Waals surface area (Å²) in [5.41, 5.74) is 0.181. The van der Waals surface area contributed by atoms with E-state index in [0.717, 1.165) is 12.3 Å². The highest BCUT2D eigenvalue weighted by atomic mass is 35.5. The van der Waals surface area contributed by atoms with Crippen LogP contribution in [0.3, 0.4) is 0 Å². The molecule has 0 spiro atoms. The summed E-state index contributed by atoms with van der Waals surface area (Å²) >= 11 is 5.80. The molecular formula is C15H17ClFNO. The third-order valence-electron chi connectivity index (χ3n) is 4.53. The van der Waals surface area contributed by atoms with E-state index >= 15 is 0 Å². The Balaban J connectivity index is 1.61. The fourth-order valence-corrected chi connectivity index (χ4v) is 3.83. The van der Waals surface area contributed by atoms with Crippen LogP contribution in [0.4, 0.5) is 10.1 Å². The van der Waals surface area contributed by atoms with Crippen LogP contribution >= 0.6 is 11.6 Å². The lowest BCUT2D eigenvalue weighted by Crippen LogP contribution is -2.20. The summed E-state index contributed by atoms with van der Waals surface area (Å²) in [6, 6.07) is 4.20. The molecule has 19 heavy (non-hydrogen) atoms. The molecule has 2 nitrogen and oxygen atoms in total. The zero-order valence-electron chi connectivity index (χ0n) is 10.7. The number of benzene rings is 1. The highest BCUT2D eigenvalue weighted by Gasteiger charge is 2.40. The van der Waals surface area contributed by atoms with Crippen molar-refractivity contribution in [2.75, 3.05) is 5.32 Å². The summed E-state index contributed by atoms with van der Waals surface area (Å²) in [6.07, 6.45) is 5.53. The molecule has 1 N–H and O–H groups in total. The van der Waals surface area contributed by atoms with E-state index in [0.29, 0.717) is 23.3 Å². The standard InChI is InChI=1S/C15H17ClFNO/c16-12-3-4-13(17)14(8-12)18-15(19)7-11-6-9-1-2-10(11)5-9/h3-4,8-11H,1-2,5-7H2,(H,18,19)/t9-,10+,11-/m0/s1. The van der Waals surface area contributed by atoms with Crippen LogP contribution in [0.1, 0.15) is 32.1 Å². The molecule has 3 atom stereocenters. The maximum Gasteiger partial charge on any atom is 0.224 e. The molecule has 0 aromatic heterocycles. The van der Waals surface area contributed by atoms with E-state index in [1.807, 2.05) is 0 Å². The lowest BCUT2D eigenvalue weighted by atomic mass is 9.86. The van der Waals surface area contributed by atoms with Gasteiger partial charge in [0.25, 0.3) is 0 Å². The van der Waals surface area contributed by atoms with Gasteiger partial charge in [-0.1, -0.05) is 18.0 Å². The van der Waals surface area contributed by atoms with Gasteiger partial charge < -0.3 is 5.32 Å². The van der Waals surface area contributed by atoms with Crippen molar-refractivity contribution in [3.63, 3.8) is 0 Å². The smallest absolute Gasteiger partial charge is 0.224 e. The van der Waals surface area contributed by atoms with E-state index in [9.17, 15) is 9.18 Å². The first kappa shape index (κ1) is 12.9. The minimum atomic E-state index is -0.439. The number of halogens is 2. The molecule has 102 valence electrons. The van der Waals surface area contributed by atoms with Gasteiger partial charge in [0.05, 0.1) is 5.69 Å². The van der Waals surface area contributed by atoms with Gasteiger partial charge in [-0.25, -0.2) is 4.39 Å². The molecule has 1 aromatic carbocycles. The molecule has 3 rings (SSSR count). The van der Waals surface area contributed by atoms with Crippen LogP contribution in [0.2, 0.25) is 5.02 Å². The first-order chi connectivity index (χ1) is 9.11. The third-order valence-corrected chi connectivity index (χ3v) is 4.77. The average Bonchev–Trinajstić information content (AvgIpc) is 2.96. The molecule has 2 aliphatic rings. The Bertz CT molecular complexity index is 505. The van der Waals surface area contributed by atoms with Gasteiger partial charge in [-0.05, 0) is 55.2 Å². The molecule has 0 radical (unpaired) electrons. The van der Waals surface area contributed by atoms with E-state index in [2.05, 4.69) is 5.32 Å². The number of amides is 1. The maximum atomic E-state index is 13.5. The van der Waals surface area contributed by atoms with E-state index in [-0.39, 0.29) is 11.6 Å². The largest absolute Gasteiger partial charge is 0.324 e. The van der Waals surface area contributed by atoms with Crippen molar-refractivity contribution in [2.24, 2.45) is 17.8 Å². The predicted octanol–water partition coefficient (Wildman–Crippen LogP) is 4.24. The van der Waals surface area contributed by atoms with E-state index in [4.69, 9.17) is 11.6 Å². The number of carbonyl (C=O) groups excluding carboxylic acids is 1. The summed E-state index contributed by atoms with van der Waals surface area (Å²) in [4.78, 5) is 12.0.